The van der Waals surface area contributed by atoms with Gasteiger partial charge < -0.3 is 30.4 Å². The van der Waals surface area contributed by atoms with Gasteiger partial charge in [-0.15, -0.1) is 0 Å². The van der Waals surface area contributed by atoms with E-state index in [2.05, 4.69) is 21.2 Å². The molecule has 4 fully saturated rings. The van der Waals surface area contributed by atoms with Crippen LogP contribution in [0.25, 0.3) is 10.9 Å². The number of carbonyl (C=O) groups is 4. The Hall–Kier alpha value is -5.32. The SMILES string of the molecule is COc1cc2nc(C)nc(N[C@H](C)c3cccc4c3CCS4(=O)=O)c2cc1[C@H]1CC[C@H](C(=O)N2CCN(CC3CCC4(CC3)CCN(C(=O)c3ccc(Cl)c(N(CCC=O)C(N)=O)c3)CC4)CC2)CC1. The number of hydrogen-bond donors (Lipinski definition) is 2. The van der Waals surface area contributed by atoms with E-state index in [4.69, 9.17) is 32.0 Å². The summed E-state index contributed by atoms with van der Waals surface area (Å²) in [5, 5.41) is 4.80. The standard InChI is InChI=1S/C53H67ClN8O7S/c1-34(40-6-4-7-48-41(40)16-29-70(48,67)68)56-49-43-31-42(47(69-3)32-45(43)57-35(2)58-49)37-8-10-38(11-9-37)50(64)61-26-24-59(25-27-61)33-36-14-17-53(18-15-36)19-22-60(23-20-53)51(65)39-12-13-44(54)46(30-39)62(52(55)66)21-5-28-63/h4,6-7,12-13,28,30-32,34,36-38H,5,8-11,14-27,29,33H2,1-3H3,(H2,55,66)(H,56,57,58)/t34-,37-,38-/m1/s1. The van der Waals surface area contributed by atoms with E-state index in [-0.39, 0.29) is 53.8 Å². The van der Waals surface area contributed by atoms with Crippen LogP contribution in [0.3, 0.4) is 0 Å². The summed E-state index contributed by atoms with van der Waals surface area (Å²) in [4.78, 5) is 68.6. The van der Waals surface area contributed by atoms with Gasteiger partial charge in [0.1, 0.15) is 23.7 Å². The molecule has 1 aromatic heterocycles. The maximum absolute atomic E-state index is 14.0. The topological polar surface area (TPSA) is 188 Å². The Balaban J connectivity index is 0.739. The second kappa shape index (κ2) is 20.8. The van der Waals surface area contributed by atoms with Crippen LogP contribution in [-0.4, -0.2) is 122 Å². The Bertz CT molecular complexity index is 2740. The zero-order valence-electron chi connectivity index (χ0n) is 40.8. The number of urea groups is 1. The fourth-order valence-corrected chi connectivity index (χ4v) is 14.0. The molecule has 3 aromatic carbocycles. The second-order valence-corrected chi connectivity index (χ2v) is 23.0. The molecule has 3 aliphatic heterocycles. The predicted octanol–water partition coefficient (Wildman–Crippen LogP) is 8.11. The number of anilines is 2. The molecule has 15 nitrogen and oxygen atoms in total. The van der Waals surface area contributed by atoms with E-state index in [1.165, 1.54) is 17.7 Å². The van der Waals surface area contributed by atoms with Crippen molar-refractivity contribution < 1.29 is 32.3 Å². The second-order valence-electron chi connectivity index (χ2n) is 20.5. The first kappa shape index (κ1) is 49.7. The van der Waals surface area contributed by atoms with Gasteiger partial charge in [0.05, 0.1) is 40.0 Å². The van der Waals surface area contributed by atoms with E-state index in [1.807, 2.05) is 36.9 Å². The van der Waals surface area contributed by atoms with Crippen LogP contribution in [0.4, 0.5) is 16.3 Å². The number of ether oxygens (including phenoxy) is 1. The number of piperazine rings is 1. The Labute approximate surface area is 416 Å². The van der Waals surface area contributed by atoms with Crippen molar-refractivity contribution in [2.45, 2.75) is 108 Å². The van der Waals surface area contributed by atoms with Crippen LogP contribution in [0.5, 0.6) is 5.75 Å². The fraction of sp³-hybridized carbons (Fsp3) is 0.547. The highest BCUT2D eigenvalue weighted by Gasteiger charge is 2.40. The summed E-state index contributed by atoms with van der Waals surface area (Å²) in [5.41, 5.74) is 10.3. The molecule has 4 aromatic rings. The van der Waals surface area contributed by atoms with Gasteiger partial charge in [0.15, 0.2) is 9.84 Å². The van der Waals surface area contributed by atoms with E-state index < -0.39 is 15.9 Å². The molecule has 2 saturated heterocycles. The zero-order chi connectivity index (χ0) is 49.3. The number of nitrogens with zero attached hydrogens (tertiary/aromatic N) is 6. The number of amides is 4. The predicted molar refractivity (Wildman–Crippen MR) is 271 cm³/mol. The minimum Gasteiger partial charge on any atom is -0.496 e. The minimum absolute atomic E-state index is 0.0149. The third-order valence-corrected chi connectivity index (χ3v) is 18.4. The summed E-state index contributed by atoms with van der Waals surface area (Å²) in [6.45, 7) is 9.77. The Morgan fingerprint density at radius 1 is 0.943 bits per heavy atom. The number of fused-ring (bicyclic) bond motifs is 2. The van der Waals surface area contributed by atoms with Crippen molar-refractivity contribution in [2.24, 2.45) is 23.0 Å². The molecule has 0 radical (unpaired) electrons. The summed E-state index contributed by atoms with van der Waals surface area (Å²) in [5.74, 6) is 3.34. The summed E-state index contributed by atoms with van der Waals surface area (Å²) >= 11 is 6.40. The zero-order valence-corrected chi connectivity index (χ0v) is 42.3. The maximum atomic E-state index is 14.0. The Kier molecular flexibility index (Phi) is 14.8. The molecular formula is C53H67ClN8O7S. The molecule has 374 valence electrons. The first-order valence-corrected chi connectivity index (χ1v) is 27.3. The van der Waals surface area contributed by atoms with E-state index in [0.29, 0.717) is 64.5 Å². The van der Waals surface area contributed by atoms with Crippen molar-refractivity contribution >= 4 is 68.0 Å². The van der Waals surface area contributed by atoms with Gasteiger partial charge in [-0.05, 0) is 149 Å². The van der Waals surface area contributed by atoms with Crippen LogP contribution in [0, 0.1) is 24.2 Å². The number of nitrogens with two attached hydrogens (primary N) is 1. The molecule has 0 bridgehead atoms. The van der Waals surface area contributed by atoms with E-state index >= 15 is 0 Å². The molecule has 4 amide bonds. The molecule has 70 heavy (non-hydrogen) atoms. The quantitative estimate of drug-likeness (QED) is 0.123. The third-order valence-electron chi connectivity index (χ3n) is 16.3. The molecule has 1 atom stereocenters. The van der Waals surface area contributed by atoms with Gasteiger partial charge in [0, 0.05) is 81.7 Å². The van der Waals surface area contributed by atoms with Crippen molar-refractivity contribution in [2.75, 3.05) is 75.4 Å². The van der Waals surface area contributed by atoms with Crippen molar-refractivity contribution in [3.8, 4) is 5.75 Å². The van der Waals surface area contributed by atoms with Crippen LogP contribution in [0.2, 0.25) is 5.02 Å². The fourth-order valence-electron chi connectivity index (χ4n) is 12.2. The van der Waals surface area contributed by atoms with Crippen LogP contribution < -0.4 is 20.7 Å². The molecule has 1 spiro atoms. The van der Waals surface area contributed by atoms with E-state index in [1.54, 1.807) is 31.4 Å². The van der Waals surface area contributed by atoms with Crippen molar-refractivity contribution in [1.82, 2.24) is 24.7 Å². The molecule has 17 heteroatoms. The van der Waals surface area contributed by atoms with Crippen LogP contribution in [0.1, 0.15) is 122 Å². The smallest absolute Gasteiger partial charge is 0.319 e. The highest BCUT2D eigenvalue weighted by molar-refractivity contribution is 7.91. The maximum Gasteiger partial charge on any atom is 0.319 e. The van der Waals surface area contributed by atoms with Gasteiger partial charge >= 0.3 is 6.03 Å². The number of piperidine rings is 1. The van der Waals surface area contributed by atoms with Gasteiger partial charge in [0.2, 0.25) is 5.91 Å². The number of nitrogens with one attached hydrogen (secondary N) is 1. The van der Waals surface area contributed by atoms with Crippen molar-refractivity contribution in [3.63, 3.8) is 0 Å². The molecule has 0 unspecified atom stereocenters. The van der Waals surface area contributed by atoms with E-state index in [0.717, 1.165) is 117 Å². The van der Waals surface area contributed by atoms with Crippen LogP contribution in [0.15, 0.2) is 53.4 Å². The first-order valence-electron chi connectivity index (χ1n) is 25.2. The number of primary amides is 1. The number of aldehydes is 1. The summed E-state index contributed by atoms with van der Waals surface area (Å²) in [6.07, 6.45) is 11.4. The van der Waals surface area contributed by atoms with Gasteiger partial charge in [-0.25, -0.2) is 23.2 Å². The van der Waals surface area contributed by atoms with Gasteiger partial charge in [0.25, 0.3) is 5.91 Å². The number of methoxy groups -OCH3 is 1. The minimum atomic E-state index is -3.26. The number of benzene rings is 3. The molecular weight excluding hydrogens is 928 g/mol. The number of sulfone groups is 1. The van der Waals surface area contributed by atoms with Crippen molar-refractivity contribution in [3.05, 3.63) is 81.6 Å². The molecule has 5 aliphatic rings. The number of rotatable bonds is 13. The lowest BCUT2D eigenvalue weighted by Crippen LogP contribution is -2.52. The Morgan fingerprint density at radius 3 is 2.36 bits per heavy atom. The van der Waals surface area contributed by atoms with E-state index in [9.17, 15) is 27.6 Å². The van der Waals surface area contributed by atoms with Crippen molar-refractivity contribution in [1.29, 1.82) is 0 Å². The lowest BCUT2D eigenvalue weighted by Gasteiger charge is -2.47. The lowest BCUT2D eigenvalue weighted by molar-refractivity contribution is -0.138. The molecule has 3 N–H and O–H groups in total. The summed E-state index contributed by atoms with van der Waals surface area (Å²) < 4.78 is 31.4. The number of hydrogen-bond acceptors (Lipinski definition) is 11. The number of aromatic nitrogens is 2. The number of likely N-dealkylation sites (tertiary alicyclic amines) is 1. The summed E-state index contributed by atoms with van der Waals surface area (Å²) in [6, 6.07) is 13.7. The third kappa shape index (κ3) is 10.4. The average molecular weight is 996 g/mol. The molecule has 2 aliphatic carbocycles. The normalized spacial score (nSPS) is 21.8. The van der Waals surface area contributed by atoms with Gasteiger partial charge in [-0.1, -0.05) is 23.7 Å². The first-order chi connectivity index (χ1) is 33.7. The Morgan fingerprint density at radius 2 is 1.67 bits per heavy atom. The highest BCUT2D eigenvalue weighted by Crippen LogP contribution is 2.47. The number of carbonyl (C=O) groups excluding carboxylic acids is 4. The lowest BCUT2D eigenvalue weighted by atomic mass is 9.65. The number of aryl methyl sites for hydroxylation is 1. The number of halogens is 1. The highest BCUT2D eigenvalue weighted by atomic mass is 35.5. The van der Waals surface area contributed by atoms with Crippen LogP contribution in [-0.2, 0) is 25.8 Å². The molecule has 4 heterocycles. The molecule has 2 saturated carbocycles. The summed E-state index contributed by atoms with van der Waals surface area (Å²) in [7, 11) is -1.56. The van der Waals surface area contributed by atoms with Crippen LogP contribution >= 0.6 is 11.6 Å². The monoisotopic (exact) mass is 994 g/mol. The van der Waals surface area contributed by atoms with Gasteiger partial charge in [-0.3, -0.25) is 19.4 Å². The average Bonchev–Trinajstić information content (AvgIpc) is 3.68. The van der Waals surface area contributed by atoms with Gasteiger partial charge in [-0.2, -0.15) is 0 Å². The molecule has 9 rings (SSSR count). The largest absolute Gasteiger partial charge is 0.496 e.